The molecule has 0 bridgehead atoms. The van der Waals surface area contributed by atoms with Gasteiger partial charge in [0.1, 0.15) is 12.7 Å². The van der Waals surface area contributed by atoms with E-state index in [0.29, 0.717) is 6.54 Å². The van der Waals surface area contributed by atoms with Gasteiger partial charge >= 0.3 is 23.9 Å². The van der Waals surface area contributed by atoms with Crippen molar-refractivity contribution >= 4 is 29.6 Å². The second kappa shape index (κ2) is 9.99. The maximum atomic E-state index is 12.0. The van der Waals surface area contributed by atoms with Crippen molar-refractivity contribution in [2.24, 2.45) is 0 Å². The number of fused-ring (bicyclic) bond motifs is 1. The number of carbonyl (C=O) groups is 4. The summed E-state index contributed by atoms with van der Waals surface area (Å²) in [6.07, 6.45) is -4.53. The number of rotatable bonds is 6. The molecule has 0 saturated carbocycles. The van der Waals surface area contributed by atoms with Crippen LogP contribution in [-0.4, -0.2) is 67.7 Å². The number of nitrogens with zero attached hydrogens (tertiary/aromatic N) is 1. The smallest absolute Gasteiger partial charge is 0.303 e. The quantitative estimate of drug-likeness (QED) is 0.462. The average molecular weight is 449 g/mol. The van der Waals surface area contributed by atoms with Gasteiger partial charge in [-0.1, -0.05) is 18.2 Å². The maximum absolute atomic E-state index is 12.0. The zero-order valence-electron chi connectivity index (χ0n) is 18.4. The van der Waals surface area contributed by atoms with Crippen molar-refractivity contribution in [3.63, 3.8) is 0 Å². The highest BCUT2D eigenvalue weighted by molar-refractivity contribution is 5.69. The molecule has 3 rings (SSSR count). The van der Waals surface area contributed by atoms with Crippen LogP contribution in [0.15, 0.2) is 24.3 Å². The molecule has 0 aromatic heterocycles. The Bertz CT molecular complexity index is 886. The first-order valence-electron chi connectivity index (χ1n) is 10.3. The molecule has 2 aliphatic rings. The monoisotopic (exact) mass is 449 g/mol. The van der Waals surface area contributed by atoms with E-state index in [9.17, 15) is 19.2 Å². The first-order chi connectivity index (χ1) is 15.2. The zero-order chi connectivity index (χ0) is 23.4. The molecule has 32 heavy (non-hydrogen) atoms. The van der Waals surface area contributed by atoms with Crippen LogP contribution in [0, 0.1) is 0 Å². The summed E-state index contributed by atoms with van der Waals surface area (Å²) in [4.78, 5) is 49.0. The lowest BCUT2D eigenvalue weighted by molar-refractivity contribution is -0.252. The third kappa shape index (κ3) is 5.37. The van der Waals surface area contributed by atoms with E-state index < -0.39 is 54.5 Å². The molecule has 2 heterocycles. The molecule has 0 N–H and O–H groups in total. The highest BCUT2D eigenvalue weighted by Crippen LogP contribution is 2.37. The number of para-hydroxylation sites is 1. The fraction of sp³-hybridized carbons (Fsp3) is 0.545. The van der Waals surface area contributed by atoms with Gasteiger partial charge in [0.25, 0.3) is 0 Å². The van der Waals surface area contributed by atoms with E-state index in [0.717, 1.165) is 17.7 Å². The third-order valence-electron chi connectivity index (χ3n) is 5.20. The molecule has 0 aliphatic carbocycles. The summed E-state index contributed by atoms with van der Waals surface area (Å²) in [6, 6.07) is 7.70. The van der Waals surface area contributed by atoms with Crippen LogP contribution in [0.25, 0.3) is 0 Å². The first-order valence-corrected chi connectivity index (χ1v) is 10.3. The lowest BCUT2D eigenvalue weighted by atomic mass is 9.96. The SMILES string of the molecule is CC(=O)OC[C@@H]1O[C@H](N2CCc3ccccc32)[C@H](OC(C)=O)[C@@H](OC(C)=O)[C@H]1OC(C)=O. The van der Waals surface area contributed by atoms with Crippen LogP contribution in [0.2, 0.25) is 0 Å². The molecule has 0 amide bonds. The van der Waals surface area contributed by atoms with Gasteiger partial charge in [-0.3, -0.25) is 19.2 Å². The van der Waals surface area contributed by atoms with Crippen LogP contribution in [0.4, 0.5) is 5.69 Å². The van der Waals surface area contributed by atoms with Gasteiger partial charge in [-0.05, 0) is 18.1 Å². The summed E-state index contributed by atoms with van der Waals surface area (Å²) in [5, 5.41) is 0. The molecule has 174 valence electrons. The fourth-order valence-corrected chi connectivity index (χ4v) is 4.08. The Morgan fingerprint density at radius 1 is 0.875 bits per heavy atom. The van der Waals surface area contributed by atoms with Gasteiger partial charge in [-0.2, -0.15) is 0 Å². The number of esters is 4. The molecule has 0 spiro atoms. The molecular weight excluding hydrogens is 422 g/mol. The Morgan fingerprint density at radius 2 is 1.47 bits per heavy atom. The summed E-state index contributed by atoms with van der Waals surface area (Å²) in [5.41, 5.74) is 1.97. The van der Waals surface area contributed by atoms with Crippen molar-refractivity contribution in [1.82, 2.24) is 0 Å². The lowest BCUT2D eigenvalue weighted by Gasteiger charge is -2.47. The minimum absolute atomic E-state index is 0.246. The molecule has 1 aromatic rings. The molecule has 1 aromatic carbocycles. The van der Waals surface area contributed by atoms with E-state index >= 15 is 0 Å². The lowest BCUT2D eigenvalue weighted by Crippen LogP contribution is -2.66. The molecule has 10 heteroatoms. The van der Waals surface area contributed by atoms with Gasteiger partial charge in [0.2, 0.25) is 0 Å². The predicted molar refractivity (Wildman–Crippen MR) is 109 cm³/mol. The van der Waals surface area contributed by atoms with E-state index in [2.05, 4.69) is 0 Å². The highest BCUT2D eigenvalue weighted by atomic mass is 16.7. The largest absolute Gasteiger partial charge is 0.463 e. The Labute approximate surface area is 185 Å². The Morgan fingerprint density at radius 3 is 2.09 bits per heavy atom. The molecule has 1 saturated heterocycles. The van der Waals surface area contributed by atoms with Crippen molar-refractivity contribution < 1.29 is 42.9 Å². The Hall–Kier alpha value is -3.14. The Balaban J connectivity index is 2.03. The topological polar surface area (TPSA) is 118 Å². The molecule has 5 atom stereocenters. The molecule has 0 unspecified atom stereocenters. The molecule has 0 radical (unpaired) electrons. The second-order valence-electron chi connectivity index (χ2n) is 7.66. The van der Waals surface area contributed by atoms with Crippen molar-refractivity contribution in [3.8, 4) is 0 Å². The predicted octanol–water partition coefficient (Wildman–Crippen LogP) is 1.13. The number of carbonyl (C=O) groups excluding carboxylic acids is 4. The summed E-state index contributed by atoms with van der Waals surface area (Å²) >= 11 is 0. The van der Waals surface area contributed by atoms with Crippen molar-refractivity contribution in [3.05, 3.63) is 29.8 Å². The van der Waals surface area contributed by atoms with Gasteiger partial charge in [0.05, 0.1) is 0 Å². The summed E-state index contributed by atoms with van der Waals surface area (Å²) in [5.74, 6) is -2.48. The number of anilines is 1. The number of hydrogen-bond donors (Lipinski definition) is 0. The standard InChI is InChI=1S/C22H27NO9/c1-12(24)28-11-18-19(29-13(2)25)20(30-14(3)26)21(31-15(4)27)22(32-18)23-10-9-16-7-5-6-8-17(16)23/h5-8,18-22H,9-11H2,1-4H3/t18-,19-,20-,21+,22-/m0/s1. The van der Waals surface area contributed by atoms with Crippen LogP contribution in [0.5, 0.6) is 0 Å². The van der Waals surface area contributed by atoms with Crippen LogP contribution in [0.1, 0.15) is 33.3 Å². The number of ether oxygens (including phenoxy) is 5. The van der Waals surface area contributed by atoms with Crippen LogP contribution in [0.3, 0.4) is 0 Å². The van der Waals surface area contributed by atoms with Gasteiger partial charge in [-0.15, -0.1) is 0 Å². The zero-order valence-corrected chi connectivity index (χ0v) is 18.4. The van der Waals surface area contributed by atoms with Crippen LogP contribution >= 0.6 is 0 Å². The minimum Gasteiger partial charge on any atom is -0.463 e. The second-order valence-corrected chi connectivity index (χ2v) is 7.66. The third-order valence-corrected chi connectivity index (χ3v) is 5.20. The van der Waals surface area contributed by atoms with Gasteiger partial charge in [-0.25, -0.2) is 0 Å². The van der Waals surface area contributed by atoms with Crippen molar-refractivity contribution in [2.45, 2.75) is 64.8 Å². The van der Waals surface area contributed by atoms with Crippen LogP contribution in [-0.2, 0) is 49.3 Å². The average Bonchev–Trinajstić information content (AvgIpc) is 3.12. The van der Waals surface area contributed by atoms with Crippen LogP contribution < -0.4 is 4.90 Å². The van der Waals surface area contributed by atoms with Crippen molar-refractivity contribution in [1.29, 1.82) is 0 Å². The number of hydrogen-bond acceptors (Lipinski definition) is 10. The molecule has 1 fully saturated rings. The summed E-state index contributed by atoms with van der Waals surface area (Å²) in [7, 11) is 0. The Kier molecular flexibility index (Phi) is 7.34. The maximum Gasteiger partial charge on any atom is 0.303 e. The molecular formula is C22H27NO9. The van der Waals surface area contributed by atoms with E-state index in [4.69, 9.17) is 23.7 Å². The molecule has 10 nitrogen and oxygen atoms in total. The minimum atomic E-state index is -1.17. The summed E-state index contributed by atoms with van der Waals surface area (Å²) in [6.45, 7) is 5.18. The summed E-state index contributed by atoms with van der Waals surface area (Å²) < 4.78 is 27.8. The van der Waals surface area contributed by atoms with E-state index in [1.54, 1.807) is 0 Å². The van der Waals surface area contributed by atoms with Gasteiger partial charge < -0.3 is 28.6 Å². The number of benzene rings is 1. The molecule has 2 aliphatic heterocycles. The first kappa shape index (κ1) is 23.5. The highest BCUT2D eigenvalue weighted by Gasteiger charge is 2.54. The van der Waals surface area contributed by atoms with E-state index in [1.807, 2.05) is 29.2 Å². The van der Waals surface area contributed by atoms with Gasteiger partial charge in [0.15, 0.2) is 24.5 Å². The van der Waals surface area contributed by atoms with E-state index in [-0.39, 0.29) is 6.61 Å². The fourth-order valence-electron chi connectivity index (χ4n) is 4.08. The van der Waals surface area contributed by atoms with Crippen molar-refractivity contribution in [2.75, 3.05) is 18.1 Å². The van der Waals surface area contributed by atoms with E-state index in [1.165, 1.54) is 27.7 Å². The van der Waals surface area contributed by atoms with Gasteiger partial charge in [0, 0.05) is 39.9 Å². The normalized spacial score (nSPS) is 26.6.